The number of amides is 1. The van der Waals surface area contributed by atoms with Crippen LogP contribution in [0.5, 0.6) is 0 Å². The molecule has 0 unspecified atom stereocenters. The fraction of sp³-hybridized carbons (Fsp3) is 0.294. The largest absolute Gasteiger partial charge is 0.329 e. The molecule has 1 amide bonds. The molecule has 4 rings (SSSR count). The second kappa shape index (κ2) is 5.46. The van der Waals surface area contributed by atoms with Crippen molar-refractivity contribution in [1.29, 1.82) is 0 Å². The van der Waals surface area contributed by atoms with Crippen LogP contribution in [0, 0.1) is 6.92 Å². The third-order valence-electron chi connectivity index (χ3n) is 4.35. The minimum Gasteiger partial charge on any atom is -0.329 e. The van der Waals surface area contributed by atoms with E-state index in [1.165, 1.54) is 0 Å². The van der Waals surface area contributed by atoms with Gasteiger partial charge in [-0.05, 0) is 31.9 Å². The molecular weight excluding hydrogens is 290 g/mol. The summed E-state index contributed by atoms with van der Waals surface area (Å²) in [5.41, 5.74) is 3.18. The number of likely N-dealkylation sites (tertiary alicyclic amines) is 1. The van der Waals surface area contributed by atoms with Crippen molar-refractivity contribution < 1.29 is 4.79 Å². The average Bonchev–Trinajstić information content (AvgIpc) is 3.23. The van der Waals surface area contributed by atoms with Gasteiger partial charge in [0.25, 0.3) is 5.91 Å². The van der Waals surface area contributed by atoms with Crippen molar-refractivity contribution in [2.24, 2.45) is 0 Å². The standard InChI is InChI=1S/C17H17N5O/c1-12-4-2-6-16-20-14(11-22(12)16)17(23)21-9-3-5-15(21)13-10-18-7-8-19-13/h2,4,6-8,10-11,15H,3,5,9H2,1H3/t15-/m0/s1. The van der Waals surface area contributed by atoms with Crippen LogP contribution in [0.1, 0.15) is 40.8 Å². The summed E-state index contributed by atoms with van der Waals surface area (Å²) < 4.78 is 1.95. The highest BCUT2D eigenvalue weighted by Gasteiger charge is 2.32. The molecule has 1 aliphatic rings. The summed E-state index contributed by atoms with van der Waals surface area (Å²) in [4.78, 5) is 27.7. The third kappa shape index (κ3) is 2.36. The molecule has 0 N–H and O–H groups in total. The van der Waals surface area contributed by atoms with Crippen molar-refractivity contribution in [3.63, 3.8) is 0 Å². The molecule has 0 radical (unpaired) electrons. The van der Waals surface area contributed by atoms with Gasteiger partial charge in [-0.25, -0.2) is 4.98 Å². The van der Waals surface area contributed by atoms with Gasteiger partial charge in [0, 0.05) is 30.8 Å². The van der Waals surface area contributed by atoms with Crippen LogP contribution in [-0.2, 0) is 0 Å². The number of hydrogen-bond donors (Lipinski definition) is 0. The summed E-state index contributed by atoms with van der Waals surface area (Å²) in [6.45, 7) is 2.73. The normalized spacial score (nSPS) is 17.8. The molecule has 3 aromatic heterocycles. The Kier molecular flexibility index (Phi) is 3.29. The van der Waals surface area contributed by atoms with Crippen molar-refractivity contribution in [3.8, 4) is 0 Å². The van der Waals surface area contributed by atoms with Crippen molar-refractivity contribution in [1.82, 2.24) is 24.3 Å². The lowest BCUT2D eigenvalue weighted by Crippen LogP contribution is -2.31. The Balaban J connectivity index is 1.68. The van der Waals surface area contributed by atoms with E-state index in [9.17, 15) is 4.79 Å². The highest BCUT2D eigenvalue weighted by molar-refractivity contribution is 5.93. The van der Waals surface area contributed by atoms with Crippen LogP contribution >= 0.6 is 0 Å². The smallest absolute Gasteiger partial charge is 0.274 e. The number of carbonyl (C=O) groups is 1. The summed E-state index contributed by atoms with van der Waals surface area (Å²) in [7, 11) is 0. The Morgan fingerprint density at radius 2 is 2.22 bits per heavy atom. The van der Waals surface area contributed by atoms with Gasteiger partial charge >= 0.3 is 0 Å². The molecule has 1 fully saturated rings. The number of aromatic nitrogens is 4. The number of fused-ring (bicyclic) bond motifs is 1. The first-order valence-corrected chi connectivity index (χ1v) is 7.75. The maximum absolute atomic E-state index is 12.9. The molecule has 3 aromatic rings. The van der Waals surface area contributed by atoms with Gasteiger partial charge in [-0.3, -0.25) is 14.8 Å². The molecule has 116 valence electrons. The number of imidazole rings is 1. The van der Waals surface area contributed by atoms with Crippen LogP contribution in [0.15, 0.2) is 43.0 Å². The van der Waals surface area contributed by atoms with E-state index >= 15 is 0 Å². The molecular formula is C17H17N5O. The second-order valence-electron chi connectivity index (χ2n) is 5.81. The fourth-order valence-corrected chi connectivity index (χ4v) is 3.20. The minimum absolute atomic E-state index is 0.0119. The third-order valence-corrected chi connectivity index (χ3v) is 4.35. The van der Waals surface area contributed by atoms with E-state index in [1.54, 1.807) is 18.6 Å². The van der Waals surface area contributed by atoms with Gasteiger partial charge in [0.1, 0.15) is 11.3 Å². The second-order valence-corrected chi connectivity index (χ2v) is 5.81. The molecule has 0 aromatic carbocycles. The first-order chi connectivity index (χ1) is 11.2. The lowest BCUT2D eigenvalue weighted by atomic mass is 10.1. The van der Waals surface area contributed by atoms with Crippen LogP contribution in [0.25, 0.3) is 5.65 Å². The van der Waals surface area contributed by atoms with E-state index in [-0.39, 0.29) is 11.9 Å². The van der Waals surface area contributed by atoms with Crippen molar-refractivity contribution in [3.05, 3.63) is 60.1 Å². The predicted octanol–water partition coefficient (Wildman–Crippen LogP) is 2.41. The van der Waals surface area contributed by atoms with Gasteiger partial charge < -0.3 is 9.30 Å². The summed E-state index contributed by atoms with van der Waals surface area (Å²) in [5, 5.41) is 0. The topological polar surface area (TPSA) is 63.4 Å². The summed E-state index contributed by atoms with van der Waals surface area (Å²) in [6, 6.07) is 5.85. The van der Waals surface area contributed by atoms with Crippen molar-refractivity contribution in [2.75, 3.05) is 6.54 Å². The Hall–Kier alpha value is -2.76. The summed E-state index contributed by atoms with van der Waals surface area (Å²) >= 11 is 0. The molecule has 0 bridgehead atoms. The molecule has 4 heterocycles. The average molecular weight is 307 g/mol. The molecule has 0 aliphatic carbocycles. The number of pyridine rings is 1. The lowest BCUT2D eigenvalue weighted by molar-refractivity contribution is 0.0727. The van der Waals surface area contributed by atoms with Gasteiger partial charge in [-0.1, -0.05) is 6.07 Å². The van der Waals surface area contributed by atoms with Crippen molar-refractivity contribution in [2.45, 2.75) is 25.8 Å². The number of rotatable bonds is 2. The van der Waals surface area contributed by atoms with Gasteiger partial charge in [0.15, 0.2) is 0 Å². The maximum Gasteiger partial charge on any atom is 0.274 e. The maximum atomic E-state index is 12.9. The van der Waals surface area contributed by atoms with E-state index in [0.29, 0.717) is 5.69 Å². The van der Waals surface area contributed by atoms with Crippen LogP contribution in [0.3, 0.4) is 0 Å². The number of carbonyl (C=O) groups excluding carboxylic acids is 1. The zero-order chi connectivity index (χ0) is 15.8. The Labute approximate surface area is 133 Å². The zero-order valence-electron chi connectivity index (χ0n) is 12.9. The molecule has 1 aliphatic heterocycles. The highest BCUT2D eigenvalue weighted by atomic mass is 16.2. The molecule has 0 spiro atoms. The van der Waals surface area contributed by atoms with Gasteiger partial charge in [-0.2, -0.15) is 0 Å². The Bertz CT molecular complexity index is 858. The fourth-order valence-electron chi connectivity index (χ4n) is 3.20. The quantitative estimate of drug-likeness (QED) is 0.729. The van der Waals surface area contributed by atoms with E-state index in [1.807, 2.05) is 40.6 Å². The predicted molar refractivity (Wildman–Crippen MR) is 85.0 cm³/mol. The van der Waals surface area contributed by atoms with Crippen LogP contribution < -0.4 is 0 Å². The molecule has 1 saturated heterocycles. The molecule has 0 saturated carbocycles. The van der Waals surface area contributed by atoms with Crippen LogP contribution in [0.2, 0.25) is 0 Å². The zero-order valence-corrected chi connectivity index (χ0v) is 12.9. The summed E-state index contributed by atoms with van der Waals surface area (Å²) in [5.74, 6) is -0.0405. The number of aryl methyl sites for hydroxylation is 1. The van der Waals surface area contributed by atoms with E-state index in [0.717, 1.165) is 36.4 Å². The van der Waals surface area contributed by atoms with Gasteiger partial charge in [0.05, 0.1) is 17.9 Å². The van der Waals surface area contributed by atoms with E-state index in [4.69, 9.17) is 0 Å². The van der Waals surface area contributed by atoms with Gasteiger partial charge in [0.2, 0.25) is 0 Å². The Morgan fingerprint density at radius 3 is 3.00 bits per heavy atom. The highest BCUT2D eigenvalue weighted by Crippen LogP contribution is 2.31. The number of nitrogens with zero attached hydrogens (tertiary/aromatic N) is 5. The summed E-state index contributed by atoms with van der Waals surface area (Å²) in [6.07, 6.45) is 8.76. The number of hydrogen-bond acceptors (Lipinski definition) is 4. The SMILES string of the molecule is Cc1cccc2nc(C(=O)N3CCC[C@H]3c3cnccn3)cn12. The van der Waals surface area contributed by atoms with Crippen LogP contribution in [-0.4, -0.2) is 36.7 Å². The van der Waals surface area contributed by atoms with E-state index < -0.39 is 0 Å². The minimum atomic E-state index is -0.0405. The lowest BCUT2D eigenvalue weighted by Gasteiger charge is -2.23. The molecule has 1 atom stereocenters. The molecule has 23 heavy (non-hydrogen) atoms. The van der Waals surface area contributed by atoms with Crippen LogP contribution in [0.4, 0.5) is 0 Å². The van der Waals surface area contributed by atoms with Crippen molar-refractivity contribution >= 4 is 11.6 Å². The first kappa shape index (κ1) is 13.9. The first-order valence-electron chi connectivity index (χ1n) is 7.75. The molecule has 6 heteroatoms. The monoisotopic (exact) mass is 307 g/mol. The molecule has 6 nitrogen and oxygen atoms in total. The van der Waals surface area contributed by atoms with Gasteiger partial charge in [-0.15, -0.1) is 0 Å². The Morgan fingerprint density at radius 1 is 1.30 bits per heavy atom. The van der Waals surface area contributed by atoms with E-state index in [2.05, 4.69) is 15.0 Å².